The molecule has 2 N–H and O–H groups in total. The Labute approximate surface area is 109 Å². The van der Waals surface area contributed by atoms with E-state index in [2.05, 4.69) is 21.2 Å². The van der Waals surface area contributed by atoms with E-state index in [-0.39, 0.29) is 6.04 Å². The quantitative estimate of drug-likeness (QED) is 0.879. The number of aliphatic hydroxyl groups excluding tert-OH is 1. The van der Waals surface area contributed by atoms with Crippen LogP contribution in [0.5, 0.6) is 0 Å². The molecular weight excluding hydrogens is 289 g/mol. The van der Waals surface area contributed by atoms with E-state index in [9.17, 15) is 5.11 Å². The minimum atomic E-state index is -0.450. The van der Waals surface area contributed by atoms with E-state index < -0.39 is 6.10 Å². The van der Waals surface area contributed by atoms with Gasteiger partial charge in [-0.15, -0.1) is 0 Å². The highest BCUT2D eigenvalue weighted by Gasteiger charge is 2.22. The summed E-state index contributed by atoms with van der Waals surface area (Å²) in [6.45, 7) is 0.997. The predicted octanol–water partition coefficient (Wildman–Crippen LogP) is 3.28. The van der Waals surface area contributed by atoms with Crippen molar-refractivity contribution in [1.29, 1.82) is 0 Å². The second-order valence-electron chi connectivity index (χ2n) is 4.17. The zero-order valence-corrected chi connectivity index (χ0v) is 11.3. The molecular formula is C12H15BrClNO. The van der Waals surface area contributed by atoms with Crippen molar-refractivity contribution < 1.29 is 5.11 Å². The number of hydrogen-bond donors (Lipinski definition) is 2. The fourth-order valence-electron chi connectivity index (χ4n) is 2.08. The highest BCUT2D eigenvalue weighted by Crippen LogP contribution is 2.29. The third-order valence-corrected chi connectivity index (χ3v) is 4.23. The molecule has 0 radical (unpaired) electrons. The van der Waals surface area contributed by atoms with Crippen LogP contribution in [-0.2, 0) is 0 Å². The maximum atomic E-state index is 10.2. The van der Waals surface area contributed by atoms with Crippen LogP contribution in [-0.4, -0.2) is 17.7 Å². The Balaban J connectivity index is 2.12. The molecule has 88 valence electrons. The first-order valence-electron chi connectivity index (χ1n) is 5.55. The van der Waals surface area contributed by atoms with Gasteiger partial charge in [0.15, 0.2) is 0 Å². The lowest BCUT2D eigenvalue weighted by Crippen LogP contribution is -2.38. The number of piperidine rings is 1. The number of benzene rings is 1. The fourth-order valence-corrected chi connectivity index (χ4v) is 2.59. The van der Waals surface area contributed by atoms with Gasteiger partial charge in [0, 0.05) is 10.5 Å². The lowest BCUT2D eigenvalue weighted by atomic mass is 9.95. The minimum absolute atomic E-state index is 0.168. The van der Waals surface area contributed by atoms with Crippen molar-refractivity contribution in [3.05, 3.63) is 33.3 Å². The van der Waals surface area contributed by atoms with Crippen LogP contribution in [0.1, 0.15) is 30.9 Å². The largest absolute Gasteiger partial charge is 0.387 e. The summed E-state index contributed by atoms with van der Waals surface area (Å²) in [6, 6.07) is 5.76. The van der Waals surface area contributed by atoms with E-state index in [1.807, 2.05) is 18.2 Å². The van der Waals surface area contributed by atoms with Crippen molar-refractivity contribution in [2.75, 3.05) is 6.54 Å². The number of rotatable bonds is 2. The van der Waals surface area contributed by atoms with E-state index in [1.54, 1.807) is 0 Å². The highest BCUT2D eigenvalue weighted by atomic mass is 79.9. The third-order valence-electron chi connectivity index (χ3n) is 3.01. The average molecular weight is 305 g/mol. The smallest absolute Gasteiger partial charge is 0.0943 e. The Hall–Kier alpha value is -0.0900. The van der Waals surface area contributed by atoms with Gasteiger partial charge in [-0.05, 0) is 53.0 Å². The first-order chi connectivity index (χ1) is 7.68. The maximum Gasteiger partial charge on any atom is 0.0943 e. The van der Waals surface area contributed by atoms with E-state index in [0.717, 1.165) is 23.0 Å². The fraction of sp³-hybridized carbons (Fsp3) is 0.500. The molecule has 2 atom stereocenters. The van der Waals surface area contributed by atoms with Crippen LogP contribution in [0.2, 0.25) is 5.02 Å². The van der Waals surface area contributed by atoms with Crippen LogP contribution < -0.4 is 5.32 Å². The van der Waals surface area contributed by atoms with Gasteiger partial charge in [0.2, 0.25) is 0 Å². The van der Waals surface area contributed by atoms with Crippen molar-refractivity contribution in [3.63, 3.8) is 0 Å². The van der Waals surface area contributed by atoms with Crippen LogP contribution in [0.3, 0.4) is 0 Å². The van der Waals surface area contributed by atoms with Crippen molar-refractivity contribution >= 4 is 27.5 Å². The van der Waals surface area contributed by atoms with E-state index in [1.165, 1.54) is 12.8 Å². The number of aliphatic hydroxyl groups is 1. The molecule has 1 aromatic carbocycles. The SMILES string of the molecule is OC(c1ccc(Cl)c(Br)c1)C1CCCCN1. The second kappa shape index (κ2) is 5.50. The number of hydrogen-bond acceptors (Lipinski definition) is 2. The molecule has 0 amide bonds. The van der Waals surface area contributed by atoms with E-state index in [4.69, 9.17) is 11.6 Å². The summed E-state index contributed by atoms with van der Waals surface area (Å²) in [5, 5.41) is 14.3. The second-order valence-corrected chi connectivity index (χ2v) is 5.44. The van der Waals surface area contributed by atoms with E-state index in [0.29, 0.717) is 5.02 Å². The Morgan fingerprint density at radius 3 is 2.88 bits per heavy atom. The van der Waals surface area contributed by atoms with Gasteiger partial charge in [-0.3, -0.25) is 0 Å². The summed E-state index contributed by atoms with van der Waals surface area (Å²) in [5.74, 6) is 0. The van der Waals surface area contributed by atoms with Gasteiger partial charge in [-0.25, -0.2) is 0 Å². The Kier molecular flexibility index (Phi) is 4.25. The molecule has 1 heterocycles. The summed E-state index contributed by atoms with van der Waals surface area (Å²) >= 11 is 9.30. The van der Waals surface area contributed by atoms with Gasteiger partial charge in [-0.2, -0.15) is 0 Å². The highest BCUT2D eigenvalue weighted by molar-refractivity contribution is 9.10. The first-order valence-corrected chi connectivity index (χ1v) is 6.72. The van der Waals surface area contributed by atoms with Gasteiger partial charge in [0.1, 0.15) is 0 Å². The third kappa shape index (κ3) is 2.77. The molecule has 0 saturated carbocycles. The molecule has 1 aliphatic rings. The van der Waals surface area contributed by atoms with Crippen molar-refractivity contribution in [2.24, 2.45) is 0 Å². The summed E-state index contributed by atoms with van der Waals surface area (Å²) in [5.41, 5.74) is 0.913. The molecule has 0 bridgehead atoms. The van der Waals surface area contributed by atoms with Gasteiger partial charge in [0.05, 0.1) is 11.1 Å². The van der Waals surface area contributed by atoms with Crippen LogP contribution in [0.4, 0.5) is 0 Å². The predicted molar refractivity (Wildman–Crippen MR) is 69.8 cm³/mol. The summed E-state index contributed by atoms with van der Waals surface area (Å²) in [7, 11) is 0. The molecule has 1 aromatic rings. The van der Waals surface area contributed by atoms with Crippen molar-refractivity contribution in [1.82, 2.24) is 5.32 Å². The molecule has 2 nitrogen and oxygen atoms in total. The summed E-state index contributed by atoms with van der Waals surface area (Å²) in [4.78, 5) is 0. The molecule has 2 rings (SSSR count). The van der Waals surface area contributed by atoms with Crippen molar-refractivity contribution in [3.8, 4) is 0 Å². The van der Waals surface area contributed by atoms with Crippen molar-refractivity contribution in [2.45, 2.75) is 31.4 Å². The summed E-state index contributed by atoms with van der Waals surface area (Å²) in [6.07, 6.45) is 2.96. The lowest BCUT2D eigenvalue weighted by Gasteiger charge is -2.28. The molecule has 0 spiro atoms. The monoisotopic (exact) mass is 303 g/mol. The Bertz CT molecular complexity index is 366. The Morgan fingerprint density at radius 1 is 1.44 bits per heavy atom. The number of halogens is 2. The van der Waals surface area contributed by atoms with Gasteiger partial charge < -0.3 is 10.4 Å². The molecule has 0 aliphatic carbocycles. The lowest BCUT2D eigenvalue weighted by molar-refractivity contribution is 0.114. The molecule has 0 aromatic heterocycles. The molecule has 4 heteroatoms. The maximum absolute atomic E-state index is 10.2. The normalized spacial score (nSPS) is 23.1. The Morgan fingerprint density at radius 2 is 2.25 bits per heavy atom. The van der Waals surface area contributed by atoms with Crippen LogP contribution in [0.25, 0.3) is 0 Å². The van der Waals surface area contributed by atoms with Gasteiger partial charge in [-0.1, -0.05) is 24.1 Å². The zero-order chi connectivity index (χ0) is 11.5. The average Bonchev–Trinajstić information content (AvgIpc) is 2.33. The van der Waals surface area contributed by atoms with Crippen LogP contribution >= 0.6 is 27.5 Å². The molecule has 1 aliphatic heterocycles. The zero-order valence-electron chi connectivity index (χ0n) is 8.92. The minimum Gasteiger partial charge on any atom is -0.387 e. The van der Waals surface area contributed by atoms with E-state index >= 15 is 0 Å². The molecule has 2 unspecified atom stereocenters. The number of nitrogens with one attached hydrogen (secondary N) is 1. The molecule has 1 fully saturated rings. The van der Waals surface area contributed by atoms with Gasteiger partial charge in [0.25, 0.3) is 0 Å². The summed E-state index contributed by atoms with van der Waals surface area (Å²) < 4.78 is 0.835. The molecule has 1 saturated heterocycles. The van der Waals surface area contributed by atoms with Crippen LogP contribution in [0.15, 0.2) is 22.7 Å². The standard InChI is InChI=1S/C12H15BrClNO/c13-9-7-8(4-5-10(9)14)12(16)11-3-1-2-6-15-11/h4-5,7,11-12,15-16H,1-3,6H2. The van der Waals surface area contributed by atoms with Crippen LogP contribution in [0, 0.1) is 0 Å². The van der Waals surface area contributed by atoms with Gasteiger partial charge >= 0.3 is 0 Å². The molecule has 16 heavy (non-hydrogen) atoms. The first kappa shape index (κ1) is 12.4. The topological polar surface area (TPSA) is 32.3 Å².